The van der Waals surface area contributed by atoms with Gasteiger partial charge in [-0.2, -0.15) is 0 Å². The molecule has 0 aliphatic carbocycles. The van der Waals surface area contributed by atoms with Gasteiger partial charge in [0.2, 0.25) is 5.89 Å². The monoisotopic (exact) mass is 260 g/mol. The van der Waals surface area contributed by atoms with Crippen molar-refractivity contribution in [1.29, 1.82) is 0 Å². The Morgan fingerprint density at radius 2 is 1.95 bits per heavy atom. The number of hydrogen-bond donors (Lipinski definition) is 0. The first-order valence-corrected chi connectivity index (χ1v) is 6.64. The van der Waals surface area contributed by atoms with Crippen LogP contribution in [-0.4, -0.2) is 10.2 Å². The summed E-state index contributed by atoms with van der Waals surface area (Å²) >= 11 is 0. The van der Waals surface area contributed by atoms with Crippen molar-refractivity contribution in [3.05, 3.63) is 41.1 Å². The van der Waals surface area contributed by atoms with Crippen molar-refractivity contribution in [2.75, 3.05) is 0 Å². The molecule has 1 aromatic carbocycles. The summed E-state index contributed by atoms with van der Waals surface area (Å²) in [6.07, 6.45) is 0.745. The molecule has 2 aromatic rings. The Balaban J connectivity index is 2.08. The van der Waals surface area contributed by atoms with Crippen molar-refractivity contribution >= 4 is 0 Å². The third-order valence-electron chi connectivity index (χ3n) is 3.04. The van der Waals surface area contributed by atoms with Crippen LogP contribution in [0.15, 0.2) is 22.6 Å². The Morgan fingerprint density at radius 3 is 2.58 bits per heavy atom. The van der Waals surface area contributed by atoms with Gasteiger partial charge < -0.3 is 9.15 Å². The largest absolute Gasteiger partial charge is 0.484 e. The second kappa shape index (κ2) is 5.87. The van der Waals surface area contributed by atoms with Crippen LogP contribution in [0.3, 0.4) is 0 Å². The van der Waals surface area contributed by atoms with Crippen molar-refractivity contribution in [3.63, 3.8) is 0 Å². The predicted octanol–water partition coefficient (Wildman–Crippen LogP) is 3.64. The van der Waals surface area contributed by atoms with E-state index in [0.29, 0.717) is 24.3 Å². The highest BCUT2D eigenvalue weighted by molar-refractivity contribution is 5.37. The molecule has 0 spiro atoms. The van der Waals surface area contributed by atoms with Crippen molar-refractivity contribution in [2.24, 2.45) is 0 Å². The number of benzene rings is 1. The SMILES string of the molecule is CCc1nnc(COc2cc(C(C)C)ccc2C)o1. The number of aryl methyl sites for hydroxylation is 2. The molecule has 1 heterocycles. The summed E-state index contributed by atoms with van der Waals surface area (Å²) in [6.45, 7) is 8.66. The average Bonchev–Trinajstić information content (AvgIpc) is 2.85. The van der Waals surface area contributed by atoms with Crippen LogP contribution < -0.4 is 4.74 Å². The molecule has 0 N–H and O–H groups in total. The standard InChI is InChI=1S/C15H20N2O2/c1-5-14-16-17-15(19-14)9-18-13-8-12(10(2)3)7-6-11(13)4/h6-8,10H,5,9H2,1-4H3. The molecule has 0 atom stereocenters. The fraction of sp³-hybridized carbons (Fsp3) is 0.467. The molecule has 4 nitrogen and oxygen atoms in total. The molecule has 19 heavy (non-hydrogen) atoms. The van der Waals surface area contributed by atoms with Crippen molar-refractivity contribution in [2.45, 2.75) is 46.6 Å². The summed E-state index contributed by atoms with van der Waals surface area (Å²) < 4.78 is 11.2. The molecule has 0 aliphatic rings. The lowest BCUT2D eigenvalue weighted by Crippen LogP contribution is -1.99. The molecule has 0 saturated heterocycles. The van der Waals surface area contributed by atoms with Gasteiger partial charge in [-0.25, -0.2) is 0 Å². The number of nitrogens with zero attached hydrogens (tertiary/aromatic N) is 2. The van der Waals surface area contributed by atoms with E-state index in [4.69, 9.17) is 9.15 Å². The Labute approximate surface area is 113 Å². The lowest BCUT2D eigenvalue weighted by atomic mass is 10.0. The lowest BCUT2D eigenvalue weighted by Gasteiger charge is -2.11. The van der Waals surface area contributed by atoms with E-state index in [1.54, 1.807) is 0 Å². The van der Waals surface area contributed by atoms with Crippen LogP contribution in [0.25, 0.3) is 0 Å². The zero-order valence-electron chi connectivity index (χ0n) is 11.9. The normalized spacial score (nSPS) is 11.0. The van der Waals surface area contributed by atoms with Gasteiger partial charge in [0.1, 0.15) is 5.75 Å². The van der Waals surface area contributed by atoms with Gasteiger partial charge in [-0.15, -0.1) is 10.2 Å². The average molecular weight is 260 g/mol. The van der Waals surface area contributed by atoms with Gasteiger partial charge in [-0.1, -0.05) is 32.9 Å². The minimum atomic E-state index is 0.315. The quantitative estimate of drug-likeness (QED) is 0.823. The van der Waals surface area contributed by atoms with Gasteiger partial charge >= 0.3 is 0 Å². The van der Waals surface area contributed by atoms with E-state index in [0.717, 1.165) is 17.7 Å². The van der Waals surface area contributed by atoms with Crippen LogP contribution in [-0.2, 0) is 13.0 Å². The third kappa shape index (κ3) is 3.34. The molecule has 0 radical (unpaired) electrons. The van der Waals surface area contributed by atoms with Gasteiger partial charge in [0.15, 0.2) is 6.61 Å². The van der Waals surface area contributed by atoms with Crippen LogP contribution in [0.4, 0.5) is 0 Å². The highest BCUT2D eigenvalue weighted by Crippen LogP contribution is 2.24. The summed E-state index contributed by atoms with van der Waals surface area (Å²) in [5.74, 6) is 2.53. The van der Waals surface area contributed by atoms with Crippen LogP contribution in [0.2, 0.25) is 0 Å². The van der Waals surface area contributed by atoms with Crippen LogP contribution in [0.1, 0.15) is 49.6 Å². The van der Waals surface area contributed by atoms with Gasteiger partial charge in [0.25, 0.3) is 5.89 Å². The lowest BCUT2D eigenvalue weighted by molar-refractivity contribution is 0.257. The maximum atomic E-state index is 5.78. The maximum absolute atomic E-state index is 5.78. The second-order valence-corrected chi connectivity index (χ2v) is 4.91. The molecular formula is C15H20N2O2. The molecule has 0 saturated carbocycles. The van der Waals surface area contributed by atoms with Gasteiger partial charge in [-0.05, 0) is 30.0 Å². The van der Waals surface area contributed by atoms with Gasteiger partial charge in [-0.3, -0.25) is 0 Å². The summed E-state index contributed by atoms with van der Waals surface area (Å²) in [5.41, 5.74) is 2.38. The van der Waals surface area contributed by atoms with Crippen molar-refractivity contribution in [3.8, 4) is 5.75 Å². The van der Waals surface area contributed by atoms with Gasteiger partial charge in [0.05, 0.1) is 0 Å². The molecule has 0 unspecified atom stereocenters. The summed E-state index contributed by atoms with van der Waals surface area (Å²) in [5, 5.41) is 7.87. The van der Waals surface area contributed by atoms with E-state index >= 15 is 0 Å². The zero-order valence-corrected chi connectivity index (χ0v) is 11.9. The zero-order chi connectivity index (χ0) is 13.8. The maximum Gasteiger partial charge on any atom is 0.253 e. The molecule has 0 amide bonds. The Bertz CT molecular complexity index is 547. The second-order valence-electron chi connectivity index (χ2n) is 4.91. The summed E-state index contributed by atoms with van der Waals surface area (Å²) in [4.78, 5) is 0. The summed E-state index contributed by atoms with van der Waals surface area (Å²) in [6, 6.07) is 6.29. The smallest absolute Gasteiger partial charge is 0.253 e. The first kappa shape index (κ1) is 13.6. The van der Waals surface area contributed by atoms with E-state index in [2.05, 4.69) is 42.2 Å². The fourth-order valence-electron chi connectivity index (χ4n) is 1.76. The Kier molecular flexibility index (Phi) is 4.20. The molecule has 0 aliphatic heterocycles. The first-order valence-electron chi connectivity index (χ1n) is 6.64. The molecule has 0 bridgehead atoms. The van der Waals surface area contributed by atoms with Crippen LogP contribution >= 0.6 is 0 Å². The Hall–Kier alpha value is -1.84. The minimum absolute atomic E-state index is 0.315. The summed E-state index contributed by atoms with van der Waals surface area (Å²) in [7, 11) is 0. The number of rotatable bonds is 5. The molecule has 1 aromatic heterocycles. The predicted molar refractivity (Wildman–Crippen MR) is 73.3 cm³/mol. The first-order chi connectivity index (χ1) is 9.10. The Morgan fingerprint density at radius 1 is 1.21 bits per heavy atom. The topological polar surface area (TPSA) is 48.2 Å². The molecule has 102 valence electrons. The fourth-order valence-corrected chi connectivity index (χ4v) is 1.76. The van der Waals surface area contributed by atoms with Crippen LogP contribution in [0, 0.1) is 6.92 Å². The van der Waals surface area contributed by atoms with E-state index in [1.165, 1.54) is 5.56 Å². The highest BCUT2D eigenvalue weighted by Gasteiger charge is 2.08. The molecular weight excluding hydrogens is 240 g/mol. The van der Waals surface area contributed by atoms with Crippen molar-refractivity contribution in [1.82, 2.24) is 10.2 Å². The van der Waals surface area contributed by atoms with E-state index in [1.807, 2.05) is 13.8 Å². The number of aromatic nitrogens is 2. The van der Waals surface area contributed by atoms with E-state index in [-0.39, 0.29) is 0 Å². The van der Waals surface area contributed by atoms with Crippen molar-refractivity contribution < 1.29 is 9.15 Å². The van der Waals surface area contributed by atoms with Crippen LogP contribution in [0.5, 0.6) is 5.75 Å². The molecule has 2 rings (SSSR count). The molecule has 4 heteroatoms. The number of hydrogen-bond acceptors (Lipinski definition) is 4. The van der Waals surface area contributed by atoms with E-state index < -0.39 is 0 Å². The number of ether oxygens (including phenoxy) is 1. The minimum Gasteiger partial charge on any atom is -0.484 e. The molecule has 0 fully saturated rings. The van der Waals surface area contributed by atoms with E-state index in [9.17, 15) is 0 Å². The third-order valence-corrected chi connectivity index (χ3v) is 3.04. The van der Waals surface area contributed by atoms with Gasteiger partial charge in [0, 0.05) is 6.42 Å². The highest BCUT2D eigenvalue weighted by atomic mass is 16.5.